The fourth-order valence-corrected chi connectivity index (χ4v) is 3.11. The van der Waals surface area contributed by atoms with E-state index >= 15 is 0 Å². The summed E-state index contributed by atoms with van der Waals surface area (Å²) in [6, 6.07) is 1.74. The summed E-state index contributed by atoms with van der Waals surface area (Å²) in [5, 5.41) is 7.15. The molecule has 24 heavy (non-hydrogen) atoms. The molecule has 1 amide bonds. The highest BCUT2D eigenvalue weighted by atomic mass is 16.5. The van der Waals surface area contributed by atoms with Gasteiger partial charge in [-0.05, 0) is 38.7 Å². The third kappa shape index (κ3) is 3.90. The number of ether oxygens (including phenoxy) is 1. The number of piperidine rings is 1. The topological polar surface area (TPSA) is 84.0 Å². The van der Waals surface area contributed by atoms with Crippen molar-refractivity contribution in [1.82, 2.24) is 25.1 Å². The molecule has 1 fully saturated rings. The first-order chi connectivity index (χ1) is 11.6. The number of carbonyl (C=O) groups excluding carboxylic acids is 1. The highest BCUT2D eigenvalue weighted by Crippen LogP contribution is 2.18. The first-order valence-electron chi connectivity index (χ1n) is 8.34. The van der Waals surface area contributed by atoms with Gasteiger partial charge in [-0.3, -0.25) is 9.89 Å². The zero-order valence-electron chi connectivity index (χ0n) is 14.2. The van der Waals surface area contributed by atoms with Gasteiger partial charge in [0.2, 0.25) is 11.8 Å². The normalized spacial score (nSPS) is 17.8. The number of aromatic amines is 1. The Balaban J connectivity index is 1.53. The predicted molar refractivity (Wildman–Crippen MR) is 88.6 cm³/mol. The molecule has 0 bridgehead atoms. The number of H-pyrrole nitrogens is 1. The Morgan fingerprint density at radius 2 is 2.33 bits per heavy atom. The second-order valence-corrected chi connectivity index (χ2v) is 6.18. The molecule has 0 saturated carbocycles. The maximum absolute atomic E-state index is 12.5. The average molecular weight is 329 g/mol. The van der Waals surface area contributed by atoms with E-state index in [4.69, 9.17) is 4.74 Å². The van der Waals surface area contributed by atoms with Crippen molar-refractivity contribution in [3.8, 4) is 5.88 Å². The van der Waals surface area contributed by atoms with E-state index in [9.17, 15) is 4.79 Å². The van der Waals surface area contributed by atoms with Crippen LogP contribution in [0, 0.1) is 13.8 Å². The van der Waals surface area contributed by atoms with Gasteiger partial charge in [0.05, 0.1) is 12.2 Å². The summed E-state index contributed by atoms with van der Waals surface area (Å²) in [5.41, 5.74) is 3.17. The molecule has 0 aliphatic carbocycles. The largest absolute Gasteiger partial charge is 0.472 e. The third-order valence-corrected chi connectivity index (χ3v) is 4.44. The Kier molecular flexibility index (Phi) is 5.08. The van der Waals surface area contributed by atoms with Gasteiger partial charge in [-0.1, -0.05) is 0 Å². The van der Waals surface area contributed by atoms with Gasteiger partial charge in [-0.2, -0.15) is 5.10 Å². The number of rotatable bonds is 5. The van der Waals surface area contributed by atoms with Crippen molar-refractivity contribution in [3.63, 3.8) is 0 Å². The smallest absolute Gasteiger partial charge is 0.223 e. The van der Waals surface area contributed by atoms with Gasteiger partial charge in [-0.15, -0.1) is 0 Å². The lowest BCUT2D eigenvalue weighted by Gasteiger charge is -2.32. The van der Waals surface area contributed by atoms with E-state index in [0.29, 0.717) is 18.8 Å². The number of likely N-dealkylation sites (tertiary alicyclic amines) is 1. The fraction of sp³-hybridized carbons (Fsp3) is 0.529. The maximum atomic E-state index is 12.5. The first-order valence-corrected chi connectivity index (χ1v) is 8.34. The Morgan fingerprint density at radius 3 is 3.04 bits per heavy atom. The van der Waals surface area contributed by atoms with E-state index in [1.807, 2.05) is 18.7 Å². The van der Waals surface area contributed by atoms with E-state index in [0.717, 1.165) is 42.8 Å². The van der Waals surface area contributed by atoms with Crippen LogP contribution in [0.5, 0.6) is 5.88 Å². The zero-order valence-corrected chi connectivity index (χ0v) is 14.2. The van der Waals surface area contributed by atoms with Gasteiger partial charge in [0.25, 0.3) is 0 Å². The van der Waals surface area contributed by atoms with Crippen molar-refractivity contribution in [3.05, 3.63) is 35.5 Å². The van der Waals surface area contributed by atoms with Crippen LogP contribution < -0.4 is 4.74 Å². The van der Waals surface area contributed by atoms with Crippen LogP contribution in [0.2, 0.25) is 0 Å². The number of aromatic nitrogens is 4. The molecule has 3 heterocycles. The van der Waals surface area contributed by atoms with E-state index < -0.39 is 0 Å². The van der Waals surface area contributed by atoms with Crippen molar-refractivity contribution in [1.29, 1.82) is 0 Å². The standard InChI is InChI=1S/C17H23N5O2/c1-12-15(13(2)21-20-12)5-6-17(23)22-9-3-4-14(10-22)24-16-7-8-18-11-19-16/h7-8,11,14H,3-6,9-10H2,1-2H3,(H,20,21). The molecule has 7 nitrogen and oxygen atoms in total. The van der Waals surface area contributed by atoms with E-state index in [1.54, 1.807) is 12.3 Å². The predicted octanol–water partition coefficient (Wildman–Crippen LogP) is 1.82. The molecule has 0 spiro atoms. The van der Waals surface area contributed by atoms with E-state index in [1.165, 1.54) is 6.33 Å². The second-order valence-electron chi connectivity index (χ2n) is 6.18. The van der Waals surface area contributed by atoms with Crippen LogP contribution in [0.3, 0.4) is 0 Å². The number of carbonyl (C=O) groups is 1. The SMILES string of the molecule is Cc1n[nH]c(C)c1CCC(=O)N1CCCC(Oc2ccncn2)C1. The average Bonchev–Trinajstić information content (AvgIpc) is 2.92. The van der Waals surface area contributed by atoms with Crippen LogP contribution in [0.15, 0.2) is 18.6 Å². The number of hydrogen-bond acceptors (Lipinski definition) is 5. The first kappa shape index (κ1) is 16.4. The molecule has 1 aliphatic rings. The van der Waals surface area contributed by atoms with Crippen molar-refractivity contribution in [2.45, 2.75) is 45.6 Å². The molecule has 1 atom stereocenters. The molecule has 1 saturated heterocycles. The third-order valence-electron chi connectivity index (χ3n) is 4.44. The van der Waals surface area contributed by atoms with Crippen LogP contribution in [0.25, 0.3) is 0 Å². The molecule has 2 aromatic rings. The Morgan fingerprint density at radius 1 is 1.46 bits per heavy atom. The number of nitrogens with one attached hydrogen (secondary N) is 1. The Hall–Kier alpha value is -2.44. The van der Waals surface area contributed by atoms with Crippen molar-refractivity contribution in [2.75, 3.05) is 13.1 Å². The van der Waals surface area contributed by atoms with Crippen LogP contribution in [-0.4, -0.2) is 50.2 Å². The number of aryl methyl sites for hydroxylation is 2. The lowest BCUT2D eigenvalue weighted by Crippen LogP contribution is -2.44. The molecule has 0 radical (unpaired) electrons. The van der Waals surface area contributed by atoms with Crippen LogP contribution >= 0.6 is 0 Å². The van der Waals surface area contributed by atoms with Crippen LogP contribution in [0.1, 0.15) is 36.2 Å². The van der Waals surface area contributed by atoms with Gasteiger partial charge in [0, 0.05) is 30.9 Å². The highest BCUT2D eigenvalue weighted by Gasteiger charge is 2.25. The molecule has 1 unspecified atom stereocenters. The summed E-state index contributed by atoms with van der Waals surface area (Å²) in [5.74, 6) is 0.736. The molecular formula is C17H23N5O2. The maximum Gasteiger partial charge on any atom is 0.223 e. The second kappa shape index (κ2) is 7.42. The molecule has 128 valence electrons. The van der Waals surface area contributed by atoms with Crippen LogP contribution in [0.4, 0.5) is 0 Å². The number of hydrogen-bond donors (Lipinski definition) is 1. The number of nitrogens with zero attached hydrogens (tertiary/aromatic N) is 4. The lowest BCUT2D eigenvalue weighted by atomic mass is 10.0. The van der Waals surface area contributed by atoms with Gasteiger partial charge >= 0.3 is 0 Å². The lowest BCUT2D eigenvalue weighted by molar-refractivity contribution is -0.133. The van der Waals surface area contributed by atoms with Crippen molar-refractivity contribution < 1.29 is 9.53 Å². The minimum absolute atomic E-state index is 0.00463. The summed E-state index contributed by atoms with van der Waals surface area (Å²) < 4.78 is 5.86. The molecule has 1 aliphatic heterocycles. The summed E-state index contributed by atoms with van der Waals surface area (Å²) in [6.45, 7) is 5.38. The zero-order chi connectivity index (χ0) is 16.9. The monoisotopic (exact) mass is 329 g/mol. The van der Waals surface area contributed by atoms with Crippen LogP contribution in [-0.2, 0) is 11.2 Å². The van der Waals surface area contributed by atoms with Gasteiger partial charge < -0.3 is 9.64 Å². The summed E-state index contributed by atoms with van der Waals surface area (Å²) >= 11 is 0. The number of amides is 1. The van der Waals surface area contributed by atoms with Gasteiger partial charge in [0.15, 0.2) is 0 Å². The summed E-state index contributed by atoms with van der Waals surface area (Å²) in [6.07, 6.45) is 6.23. The quantitative estimate of drug-likeness (QED) is 0.904. The van der Waals surface area contributed by atoms with Gasteiger partial charge in [-0.25, -0.2) is 9.97 Å². The van der Waals surface area contributed by atoms with Crippen molar-refractivity contribution >= 4 is 5.91 Å². The van der Waals surface area contributed by atoms with Gasteiger partial charge in [0.1, 0.15) is 12.4 Å². The van der Waals surface area contributed by atoms with E-state index in [2.05, 4.69) is 20.2 Å². The minimum Gasteiger partial charge on any atom is -0.472 e. The molecule has 0 aromatic carbocycles. The molecular weight excluding hydrogens is 306 g/mol. The molecule has 2 aromatic heterocycles. The summed E-state index contributed by atoms with van der Waals surface area (Å²) in [7, 11) is 0. The Bertz CT molecular complexity index is 666. The Labute approximate surface area is 141 Å². The van der Waals surface area contributed by atoms with E-state index in [-0.39, 0.29) is 12.0 Å². The summed E-state index contributed by atoms with van der Waals surface area (Å²) in [4.78, 5) is 22.4. The molecule has 3 rings (SSSR count). The minimum atomic E-state index is -0.00463. The fourth-order valence-electron chi connectivity index (χ4n) is 3.11. The highest BCUT2D eigenvalue weighted by molar-refractivity contribution is 5.76. The van der Waals surface area contributed by atoms with Crippen molar-refractivity contribution in [2.24, 2.45) is 0 Å². The molecule has 1 N–H and O–H groups in total. The molecule has 7 heteroatoms.